The van der Waals surface area contributed by atoms with E-state index in [2.05, 4.69) is 10.1 Å². The summed E-state index contributed by atoms with van der Waals surface area (Å²) in [6.07, 6.45) is 0. The molecule has 0 aliphatic carbocycles. The van der Waals surface area contributed by atoms with Gasteiger partial charge in [-0.15, -0.1) is 0 Å². The zero-order valence-electron chi connectivity index (χ0n) is 15.8. The van der Waals surface area contributed by atoms with Crippen LogP contribution >= 0.6 is 0 Å². The summed E-state index contributed by atoms with van der Waals surface area (Å²) in [5, 5.41) is 2.59. The van der Waals surface area contributed by atoms with E-state index < -0.39 is 24.5 Å². The Morgan fingerprint density at radius 2 is 1.68 bits per heavy atom. The van der Waals surface area contributed by atoms with Gasteiger partial charge in [-0.25, -0.2) is 9.59 Å². The molecule has 0 aliphatic rings. The number of carbonyl (C=O) groups is 3. The van der Waals surface area contributed by atoms with Crippen molar-refractivity contribution in [2.24, 2.45) is 0 Å². The Kier molecular flexibility index (Phi) is 7.38. The van der Waals surface area contributed by atoms with Crippen LogP contribution in [0.1, 0.15) is 15.9 Å². The van der Waals surface area contributed by atoms with E-state index in [1.807, 2.05) is 0 Å². The van der Waals surface area contributed by atoms with E-state index in [0.717, 1.165) is 5.56 Å². The van der Waals surface area contributed by atoms with E-state index in [1.165, 1.54) is 20.3 Å². The van der Waals surface area contributed by atoms with Crippen molar-refractivity contribution in [3.63, 3.8) is 0 Å². The summed E-state index contributed by atoms with van der Waals surface area (Å²) in [6, 6.07) is 11.6. The summed E-state index contributed by atoms with van der Waals surface area (Å²) >= 11 is 0. The minimum atomic E-state index is -0.707. The molecule has 0 saturated carbocycles. The number of anilines is 1. The van der Waals surface area contributed by atoms with Gasteiger partial charge in [-0.1, -0.05) is 18.2 Å². The van der Waals surface area contributed by atoms with Crippen LogP contribution in [0.15, 0.2) is 42.5 Å². The number of carbonyl (C=O) groups excluding carboxylic acids is 3. The number of para-hydroxylation sites is 2. The summed E-state index contributed by atoms with van der Waals surface area (Å²) in [6.45, 7) is 0.907. The summed E-state index contributed by atoms with van der Waals surface area (Å²) in [5.74, 6) is -0.900. The Hall–Kier alpha value is -3.55. The number of rotatable bonds is 8. The van der Waals surface area contributed by atoms with Gasteiger partial charge in [-0.05, 0) is 36.8 Å². The molecule has 0 spiro atoms. The second kappa shape index (κ2) is 9.96. The number of esters is 2. The van der Waals surface area contributed by atoms with Crippen molar-refractivity contribution in [3.05, 3.63) is 53.6 Å². The maximum absolute atomic E-state index is 12.0. The maximum Gasteiger partial charge on any atom is 0.344 e. The third-order valence-electron chi connectivity index (χ3n) is 3.71. The highest BCUT2D eigenvalue weighted by molar-refractivity contribution is 5.96. The van der Waals surface area contributed by atoms with E-state index in [4.69, 9.17) is 14.2 Å². The van der Waals surface area contributed by atoms with E-state index in [0.29, 0.717) is 22.7 Å². The zero-order valence-corrected chi connectivity index (χ0v) is 15.8. The Morgan fingerprint density at radius 3 is 2.36 bits per heavy atom. The molecule has 0 saturated heterocycles. The minimum absolute atomic E-state index is 0.297. The standard InChI is InChI=1S/C20H21NO7/c1-13-8-9-14(20(24)26-3)10-15(13)21-18(22)11-28-19(23)12-27-17-7-5-4-6-16(17)25-2/h4-10H,11-12H2,1-3H3,(H,21,22). The molecule has 2 aromatic carbocycles. The molecule has 1 N–H and O–H groups in total. The van der Waals surface area contributed by atoms with Crippen LogP contribution in [0.3, 0.4) is 0 Å². The molecule has 0 aromatic heterocycles. The van der Waals surface area contributed by atoms with Crippen LogP contribution in [0.4, 0.5) is 5.69 Å². The Balaban J connectivity index is 1.85. The van der Waals surface area contributed by atoms with Gasteiger partial charge < -0.3 is 24.3 Å². The average Bonchev–Trinajstić information content (AvgIpc) is 2.71. The summed E-state index contributed by atoms with van der Waals surface area (Å²) in [5.41, 5.74) is 1.46. The number of hydrogen-bond acceptors (Lipinski definition) is 7. The predicted octanol–water partition coefficient (Wildman–Crippen LogP) is 2.35. The van der Waals surface area contributed by atoms with Crippen LogP contribution in [0, 0.1) is 6.92 Å². The molecular formula is C20H21NO7. The van der Waals surface area contributed by atoms with Crippen LogP contribution in [-0.4, -0.2) is 45.3 Å². The first-order chi connectivity index (χ1) is 13.4. The number of aryl methyl sites for hydroxylation is 1. The van der Waals surface area contributed by atoms with Gasteiger partial charge in [0, 0.05) is 5.69 Å². The van der Waals surface area contributed by atoms with Gasteiger partial charge in [-0.2, -0.15) is 0 Å². The Bertz CT molecular complexity index is 863. The fourth-order valence-electron chi connectivity index (χ4n) is 2.25. The Morgan fingerprint density at radius 1 is 0.964 bits per heavy atom. The molecule has 148 valence electrons. The summed E-state index contributed by atoms with van der Waals surface area (Å²) in [7, 11) is 2.76. The van der Waals surface area contributed by atoms with Crippen LogP contribution in [0.25, 0.3) is 0 Å². The van der Waals surface area contributed by atoms with Crippen molar-refractivity contribution >= 4 is 23.5 Å². The monoisotopic (exact) mass is 387 g/mol. The van der Waals surface area contributed by atoms with Crippen LogP contribution in [-0.2, 0) is 19.1 Å². The highest BCUT2D eigenvalue weighted by Crippen LogP contribution is 2.25. The fraction of sp³-hybridized carbons (Fsp3) is 0.250. The first-order valence-corrected chi connectivity index (χ1v) is 8.35. The van der Waals surface area contributed by atoms with E-state index in [1.54, 1.807) is 43.3 Å². The molecule has 0 radical (unpaired) electrons. The number of hydrogen-bond donors (Lipinski definition) is 1. The van der Waals surface area contributed by atoms with Gasteiger partial charge in [0.05, 0.1) is 19.8 Å². The van der Waals surface area contributed by atoms with Gasteiger partial charge in [0.15, 0.2) is 24.7 Å². The first kappa shape index (κ1) is 20.8. The van der Waals surface area contributed by atoms with Crippen LogP contribution in [0.5, 0.6) is 11.5 Å². The highest BCUT2D eigenvalue weighted by atomic mass is 16.6. The minimum Gasteiger partial charge on any atom is -0.493 e. The molecule has 28 heavy (non-hydrogen) atoms. The highest BCUT2D eigenvalue weighted by Gasteiger charge is 2.13. The molecule has 0 aliphatic heterocycles. The maximum atomic E-state index is 12.0. The molecule has 0 atom stereocenters. The van der Waals surface area contributed by atoms with Crippen LogP contribution < -0.4 is 14.8 Å². The van der Waals surface area contributed by atoms with Gasteiger partial charge in [0.25, 0.3) is 5.91 Å². The lowest BCUT2D eigenvalue weighted by molar-refractivity contribution is -0.149. The molecule has 0 heterocycles. The number of nitrogens with one attached hydrogen (secondary N) is 1. The van der Waals surface area contributed by atoms with Gasteiger partial charge in [-0.3, -0.25) is 4.79 Å². The lowest BCUT2D eigenvalue weighted by Crippen LogP contribution is -2.24. The van der Waals surface area contributed by atoms with E-state index in [-0.39, 0.29) is 6.61 Å². The largest absolute Gasteiger partial charge is 0.493 e. The van der Waals surface area contributed by atoms with E-state index in [9.17, 15) is 14.4 Å². The van der Waals surface area contributed by atoms with Gasteiger partial charge in [0.1, 0.15) is 0 Å². The second-order valence-corrected chi connectivity index (χ2v) is 5.67. The SMILES string of the molecule is COC(=O)c1ccc(C)c(NC(=O)COC(=O)COc2ccccc2OC)c1. The zero-order chi connectivity index (χ0) is 20.5. The van der Waals surface area contributed by atoms with Crippen molar-refractivity contribution in [2.75, 3.05) is 32.8 Å². The fourth-order valence-corrected chi connectivity index (χ4v) is 2.25. The smallest absolute Gasteiger partial charge is 0.344 e. The molecule has 8 nitrogen and oxygen atoms in total. The topological polar surface area (TPSA) is 100 Å². The third-order valence-corrected chi connectivity index (χ3v) is 3.71. The first-order valence-electron chi connectivity index (χ1n) is 8.35. The number of benzene rings is 2. The molecule has 1 amide bonds. The molecule has 2 aromatic rings. The number of methoxy groups -OCH3 is 2. The normalized spacial score (nSPS) is 9.96. The molecule has 8 heteroatoms. The predicted molar refractivity (Wildman–Crippen MR) is 101 cm³/mol. The molecule has 2 rings (SSSR count). The Labute approximate surface area is 162 Å². The number of ether oxygens (including phenoxy) is 4. The molecule has 0 unspecified atom stereocenters. The summed E-state index contributed by atoms with van der Waals surface area (Å²) < 4.78 is 20.0. The van der Waals surface area contributed by atoms with Crippen LogP contribution in [0.2, 0.25) is 0 Å². The average molecular weight is 387 g/mol. The van der Waals surface area contributed by atoms with Crippen molar-refractivity contribution < 1.29 is 33.3 Å². The van der Waals surface area contributed by atoms with Gasteiger partial charge >= 0.3 is 11.9 Å². The van der Waals surface area contributed by atoms with Crippen molar-refractivity contribution in [3.8, 4) is 11.5 Å². The lowest BCUT2D eigenvalue weighted by Gasteiger charge is -2.11. The summed E-state index contributed by atoms with van der Waals surface area (Å²) in [4.78, 5) is 35.4. The van der Waals surface area contributed by atoms with Crippen molar-refractivity contribution in [2.45, 2.75) is 6.92 Å². The lowest BCUT2D eigenvalue weighted by atomic mass is 10.1. The van der Waals surface area contributed by atoms with Crippen molar-refractivity contribution in [1.82, 2.24) is 0 Å². The van der Waals surface area contributed by atoms with Gasteiger partial charge in [0.2, 0.25) is 0 Å². The molecule has 0 fully saturated rings. The second-order valence-electron chi connectivity index (χ2n) is 5.67. The molecular weight excluding hydrogens is 366 g/mol. The van der Waals surface area contributed by atoms with E-state index >= 15 is 0 Å². The van der Waals surface area contributed by atoms with Crippen molar-refractivity contribution in [1.29, 1.82) is 0 Å². The quantitative estimate of drug-likeness (QED) is 0.694. The molecule has 0 bridgehead atoms. The number of amides is 1. The third kappa shape index (κ3) is 5.73.